The molecule has 0 fully saturated rings. The molecule has 0 aliphatic rings. The smallest absolute Gasteiger partial charge is 0.221 e. The maximum Gasteiger partial charge on any atom is 0.221 e. The van der Waals surface area contributed by atoms with Crippen LogP contribution in [-0.4, -0.2) is 29.4 Å². The molecule has 0 bridgehead atoms. The standard InChI is InChI=1S/C14H18ClNO3/c1-9(7-13(18)16-10(2)8-17)14(19)11-3-5-12(15)6-4-11/h3-6,9-10,17H,7-8H2,1-2H3,(H,16,18). The molecule has 0 saturated carbocycles. The Balaban J connectivity index is 2.58. The van der Waals surface area contributed by atoms with Gasteiger partial charge in [0.1, 0.15) is 0 Å². The van der Waals surface area contributed by atoms with Gasteiger partial charge < -0.3 is 10.4 Å². The highest BCUT2D eigenvalue weighted by Gasteiger charge is 2.19. The largest absolute Gasteiger partial charge is 0.394 e. The van der Waals surface area contributed by atoms with E-state index >= 15 is 0 Å². The van der Waals surface area contributed by atoms with Gasteiger partial charge in [0.05, 0.1) is 6.61 Å². The number of nitrogens with one attached hydrogen (secondary N) is 1. The molecule has 0 spiro atoms. The number of aliphatic hydroxyl groups excluding tert-OH is 1. The summed E-state index contributed by atoms with van der Waals surface area (Å²) in [6.07, 6.45) is 0.103. The summed E-state index contributed by atoms with van der Waals surface area (Å²) in [5, 5.41) is 12.0. The lowest BCUT2D eigenvalue weighted by atomic mass is 9.96. The molecule has 0 heterocycles. The number of hydrogen-bond donors (Lipinski definition) is 2. The van der Waals surface area contributed by atoms with E-state index < -0.39 is 5.92 Å². The van der Waals surface area contributed by atoms with E-state index in [0.29, 0.717) is 10.6 Å². The van der Waals surface area contributed by atoms with Gasteiger partial charge in [0.25, 0.3) is 0 Å². The van der Waals surface area contributed by atoms with Crippen molar-refractivity contribution in [1.82, 2.24) is 5.32 Å². The van der Waals surface area contributed by atoms with Crippen LogP contribution in [0.25, 0.3) is 0 Å². The summed E-state index contributed by atoms with van der Waals surface area (Å²) in [7, 11) is 0. The van der Waals surface area contributed by atoms with Crippen LogP contribution in [-0.2, 0) is 4.79 Å². The number of ketones is 1. The third kappa shape index (κ3) is 5.01. The van der Waals surface area contributed by atoms with Gasteiger partial charge in [-0.05, 0) is 31.2 Å². The quantitative estimate of drug-likeness (QED) is 0.785. The van der Waals surface area contributed by atoms with Crippen molar-refractivity contribution >= 4 is 23.3 Å². The lowest BCUT2D eigenvalue weighted by Crippen LogP contribution is -2.36. The molecule has 0 aliphatic heterocycles. The summed E-state index contributed by atoms with van der Waals surface area (Å²) < 4.78 is 0. The number of carbonyl (C=O) groups is 2. The maximum absolute atomic E-state index is 12.1. The lowest BCUT2D eigenvalue weighted by molar-refractivity contribution is -0.122. The molecule has 0 saturated heterocycles. The summed E-state index contributed by atoms with van der Waals surface area (Å²) in [4.78, 5) is 23.7. The van der Waals surface area contributed by atoms with Crippen molar-refractivity contribution in [1.29, 1.82) is 0 Å². The Bertz CT molecular complexity index is 445. The molecule has 19 heavy (non-hydrogen) atoms. The number of halogens is 1. The van der Waals surface area contributed by atoms with E-state index in [0.717, 1.165) is 0 Å². The summed E-state index contributed by atoms with van der Waals surface area (Å²) in [6, 6.07) is 6.29. The first-order valence-corrected chi connectivity index (χ1v) is 6.51. The third-order valence-corrected chi connectivity index (χ3v) is 3.00. The van der Waals surface area contributed by atoms with E-state index in [1.807, 2.05) is 0 Å². The molecule has 0 radical (unpaired) electrons. The fourth-order valence-electron chi connectivity index (χ4n) is 1.65. The van der Waals surface area contributed by atoms with Crippen LogP contribution in [0.4, 0.5) is 0 Å². The van der Waals surface area contributed by atoms with Crippen molar-refractivity contribution in [2.45, 2.75) is 26.3 Å². The van der Waals surface area contributed by atoms with E-state index in [-0.39, 0.29) is 30.8 Å². The Morgan fingerprint density at radius 1 is 1.26 bits per heavy atom. The Morgan fingerprint density at radius 2 is 1.84 bits per heavy atom. The first-order chi connectivity index (χ1) is 8.93. The minimum absolute atomic E-state index is 0.0940. The normalized spacial score (nSPS) is 13.7. The SMILES string of the molecule is CC(CO)NC(=O)CC(C)C(=O)c1ccc(Cl)cc1. The molecular weight excluding hydrogens is 266 g/mol. The molecule has 4 nitrogen and oxygen atoms in total. The number of amides is 1. The Labute approximate surface area is 117 Å². The van der Waals surface area contributed by atoms with Gasteiger partial charge in [-0.25, -0.2) is 0 Å². The molecular formula is C14H18ClNO3. The summed E-state index contributed by atoms with van der Waals surface area (Å²) in [6.45, 7) is 3.29. The molecule has 0 aliphatic carbocycles. The summed E-state index contributed by atoms with van der Waals surface area (Å²) >= 11 is 5.75. The van der Waals surface area contributed by atoms with E-state index in [1.165, 1.54) is 0 Å². The van der Waals surface area contributed by atoms with Crippen molar-refractivity contribution in [2.75, 3.05) is 6.61 Å². The minimum Gasteiger partial charge on any atom is -0.394 e. The summed E-state index contributed by atoms with van der Waals surface area (Å²) in [5.74, 6) is -0.744. The number of carbonyl (C=O) groups excluding carboxylic acids is 2. The highest BCUT2D eigenvalue weighted by atomic mass is 35.5. The van der Waals surface area contributed by atoms with Crippen LogP contribution in [0.1, 0.15) is 30.6 Å². The van der Waals surface area contributed by atoms with Crippen molar-refractivity contribution in [3.05, 3.63) is 34.9 Å². The van der Waals surface area contributed by atoms with Crippen LogP contribution in [0.15, 0.2) is 24.3 Å². The molecule has 1 amide bonds. The third-order valence-electron chi connectivity index (χ3n) is 2.75. The average molecular weight is 284 g/mol. The van der Waals surface area contributed by atoms with E-state index in [9.17, 15) is 9.59 Å². The van der Waals surface area contributed by atoms with E-state index in [2.05, 4.69) is 5.32 Å². The van der Waals surface area contributed by atoms with E-state index in [1.54, 1.807) is 38.1 Å². The first-order valence-electron chi connectivity index (χ1n) is 6.14. The zero-order valence-corrected chi connectivity index (χ0v) is 11.8. The van der Waals surface area contributed by atoms with Gasteiger partial charge >= 0.3 is 0 Å². The number of rotatable bonds is 6. The Morgan fingerprint density at radius 3 is 2.37 bits per heavy atom. The highest BCUT2D eigenvalue weighted by molar-refractivity contribution is 6.30. The van der Waals surface area contributed by atoms with Crippen LogP contribution in [0, 0.1) is 5.92 Å². The van der Waals surface area contributed by atoms with Crippen molar-refractivity contribution in [3.63, 3.8) is 0 Å². The Hall–Kier alpha value is -1.39. The molecule has 1 aromatic rings. The van der Waals surface area contributed by atoms with Crippen LogP contribution in [0.2, 0.25) is 5.02 Å². The molecule has 2 unspecified atom stereocenters. The average Bonchev–Trinajstić information content (AvgIpc) is 2.38. The van der Waals surface area contributed by atoms with Gasteiger partial charge in [0, 0.05) is 29.0 Å². The first kappa shape index (κ1) is 15.7. The molecule has 0 aromatic heterocycles. The molecule has 1 aromatic carbocycles. The maximum atomic E-state index is 12.1. The molecule has 104 valence electrons. The summed E-state index contributed by atoms with van der Waals surface area (Å²) in [5.41, 5.74) is 0.542. The molecule has 1 rings (SSSR count). The van der Waals surface area contributed by atoms with Crippen LogP contribution >= 0.6 is 11.6 Å². The van der Waals surface area contributed by atoms with Crippen molar-refractivity contribution in [3.8, 4) is 0 Å². The van der Waals surface area contributed by atoms with E-state index in [4.69, 9.17) is 16.7 Å². The van der Waals surface area contributed by atoms with Crippen LogP contribution in [0.5, 0.6) is 0 Å². The predicted octanol–water partition coefficient (Wildman–Crippen LogP) is 2.05. The Kier molecular flexibility index (Phi) is 5.99. The second kappa shape index (κ2) is 7.26. The number of hydrogen-bond acceptors (Lipinski definition) is 3. The molecule has 2 N–H and O–H groups in total. The number of Topliss-reactive ketones (excluding diaryl/α,β-unsaturated/α-hetero) is 1. The zero-order chi connectivity index (χ0) is 14.4. The van der Waals surface area contributed by atoms with Gasteiger partial charge in [0.2, 0.25) is 5.91 Å². The number of aliphatic hydroxyl groups is 1. The zero-order valence-electron chi connectivity index (χ0n) is 11.0. The van der Waals surface area contributed by atoms with Crippen molar-refractivity contribution in [2.24, 2.45) is 5.92 Å². The van der Waals surface area contributed by atoms with Gasteiger partial charge in [-0.1, -0.05) is 18.5 Å². The predicted molar refractivity (Wildman–Crippen MR) is 74.3 cm³/mol. The minimum atomic E-state index is -0.410. The van der Waals surface area contributed by atoms with Gasteiger partial charge in [-0.15, -0.1) is 0 Å². The molecule has 2 atom stereocenters. The van der Waals surface area contributed by atoms with Gasteiger partial charge in [-0.2, -0.15) is 0 Å². The van der Waals surface area contributed by atoms with Crippen LogP contribution < -0.4 is 5.32 Å². The topological polar surface area (TPSA) is 66.4 Å². The van der Waals surface area contributed by atoms with Gasteiger partial charge in [0.15, 0.2) is 5.78 Å². The van der Waals surface area contributed by atoms with Gasteiger partial charge in [-0.3, -0.25) is 9.59 Å². The monoisotopic (exact) mass is 283 g/mol. The fourth-order valence-corrected chi connectivity index (χ4v) is 1.77. The molecule has 5 heteroatoms. The van der Waals surface area contributed by atoms with Crippen molar-refractivity contribution < 1.29 is 14.7 Å². The number of benzene rings is 1. The lowest BCUT2D eigenvalue weighted by Gasteiger charge is -2.14. The highest BCUT2D eigenvalue weighted by Crippen LogP contribution is 2.15. The second-order valence-electron chi connectivity index (χ2n) is 4.63. The fraction of sp³-hybridized carbons (Fsp3) is 0.429. The van der Waals surface area contributed by atoms with Crippen LogP contribution in [0.3, 0.4) is 0 Å². The second-order valence-corrected chi connectivity index (χ2v) is 5.06.